The molecule has 1 rings (SSSR count). The van der Waals surface area contributed by atoms with Crippen LogP contribution in [0.25, 0.3) is 0 Å². The Kier molecular flexibility index (Phi) is 4.02. The smallest absolute Gasteiger partial charge is 0.0569 e. The largest absolute Gasteiger partial charge is 0.393 e. The van der Waals surface area contributed by atoms with Crippen molar-refractivity contribution in [2.24, 2.45) is 5.92 Å². The molecule has 0 aliphatic heterocycles. The second kappa shape index (κ2) is 4.83. The van der Waals surface area contributed by atoms with Crippen LogP contribution in [-0.4, -0.2) is 23.9 Å². The molecule has 0 bridgehead atoms. The van der Waals surface area contributed by atoms with E-state index in [-0.39, 0.29) is 6.10 Å². The summed E-state index contributed by atoms with van der Waals surface area (Å²) in [5.74, 6) is 0.503. The first kappa shape index (κ1) is 10.0. The molecule has 1 N–H and O–H groups in total. The van der Waals surface area contributed by atoms with Gasteiger partial charge in [0.2, 0.25) is 0 Å². The lowest BCUT2D eigenvalue weighted by atomic mass is 10.0. The third kappa shape index (κ3) is 3.11. The summed E-state index contributed by atoms with van der Waals surface area (Å²) in [6, 6.07) is 0. The van der Waals surface area contributed by atoms with E-state index >= 15 is 0 Å². The van der Waals surface area contributed by atoms with Crippen LogP contribution >= 0.6 is 0 Å². The molecule has 0 amide bonds. The Labute approximate surface area is 74.9 Å². The highest BCUT2D eigenvalue weighted by atomic mass is 16.5. The van der Waals surface area contributed by atoms with Gasteiger partial charge in [-0.05, 0) is 39.0 Å². The van der Waals surface area contributed by atoms with Crippen molar-refractivity contribution in [2.45, 2.75) is 51.7 Å². The molecule has 12 heavy (non-hydrogen) atoms. The van der Waals surface area contributed by atoms with Crippen LogP contribution in [0.3, 0.4) is 0 Å². The summed E-state index contributed by atoms with van der Waals surface area (Å²) in [7, 11) is 0. The minimum Gasteiger partial charge on any atom is -0.393 e. The van der Waals surface area contributed by atoms with Crippen LogP contribution in [0.5, 0.6) is 0 Å². The van der Waals surface area contributed by atoms with E-state index in [0.717, 1.165) is 19.4 Å². The first-order valence-corrected chi connectivity index (χ1v) is 5.00. The lowest BCUT2D eigenvalue weighted by Gasteiger charge is -2.15. The van der Waals surface area contributed by atoms with E-state index in [9.17, 15) is 5.11 Å². The van der Waals surface area contributed by atoms with Crippen LogP contribution in [0.1, 0.15) is 39.5 Å². The van der Waals surface area contributed by atoms with Crippen molar-refractivity contribution >= 4 is 0 Å². The maximum absolute atomic E-state index is 9.50. The fraction of sp³-hybridized carbons (Fsp3) is 1.00. The quantitative estimate of drug-likeness (QED) is 0.702. The molecule has 1 aliphatic carbocycles. The molecule has 0 spiro atoms. The topological polar surface area (TPSA) is 29.5 Å². The van der Waals surface area contributed by atoms with Gasteiger partial charge in [-0.25, -0.2) is 0 Å². The zero-order chi connectivity index (χ0) is 8.97. The molecule has 1 fully saturated rings. The Morgan fingerprint density at radius 2 is 2.17 bits per heavy atom. The van der Waals surface area contributed by atoms with Crippen LogP contribution < -0.4 is 0 Å². The highest BCUT2D eigenvalue weighted by Crippen LogP contribution is 2.28. The van der Waals surface area contributed by atoms with Gasteiger partial charge in [0, 0.05) is 6.61 Å². The Morgan fingerprint density at radius 1 is 1.42 bits per heavy atom. The average molecular weight is 172 g/mol. The third-order valence-electron chi connectivity index (χ3n) is 2.56. The molecule has 0 heterocycles. The van der Waals surface area contributed by atoms with Crippen LogP contribution in [0.2, 0.25) is 0 Å². The Bertz CT molecular complexity index is 123. The Morgan fingerprint density at radius 3 is 2.67 bits per heavy atom. The van der Waals surface area contributed by atoms with Gasteiger partial charge < -0.3 is 9.84 Å². The summed E-state index contributed by atoms with van der Waals surface area (Å²) in [6.45, 7) is 4.90. The molecule has 2 heteroatoms. The molecule has 1 saturated carbocycles. The van der Waals surface area contributed by atoms with Crippen LogP contribution in [0, 0.1) is 5.92 Å². The van der Waals surface area contributed by atoms with E-state index in [2.05, 4.69) is 0 Å². The summed E-state index contributed by atoms with van der Waals surface area (Å²) in [4.78, 5) is 0. The average Bonchev–Trinajstić information content (AvgIpc) is 2.36. The first-order chi connectivity index (χ1) is 5.70. The van der Waals surface area contributed by atoms with Crippen molar-refractivity contribution in [2.75, 3.05) is 6.61 Å². The lowest BCUT2D eigenvalue weighted by molar-refractivity contribution is 0.0495. The number of ether oxygens (including phenoxy) is 1. The Hall–Kier alpha value is -0.0800. The molecule has 0 aromatic heterocycles. The predicted octanol–water partition coefficient (Wildman–Crippen LogP) is 1.96. The van der Waals surface area contributed by atoms with Crippen molar-refractivity contribution in [3.8, 4) is 0 Å². The summed E-state index contributed by atoms with van der Waals surface area (Å²) in [5.41, 5.74) is 0. The van der Waals surface area contributed by atoms with Gasteiger partial charge >= 0.3 is 0 Å². The third-order valence-corrected chi connectivity index (χ3v) is 2.56. The first-order valence-electron chi connectivity index (χ1n) is 5.00. The number of hydrogen-bond donors (Lipinski definition) is 1. The summed E-state index contributed by atoms with van der Waals surface area (Å²) >= 11 is 0. The normalized spacial score (nSPS) is 30.0. The molecule has 0 saturated heterocycles. The molecular formula is C10H20O2. The Balaban J connectivity index is 2.06. The molecule has 1 aliphatic rings. The van der Waals surface area contributed by atoms with E-state index in [1.807, 2.05) is 13.8 Å². The summed E-state index contributed by atoms with van der Waals surface area (Å²) < 4.78 is 5.44. The van der Waals surface area contributed by atoms with Crippen molar-refractivity contribution in [1.29, 1.82) is 0 Å². The van der Waals surface area contributed by atoms with Gasteiger partial charge in [-0.2, -0.15) is 0 Å². The molecule has 0 aromatic rings. The maximum atomic E-state index is 9.50. The summed E-state index contributed by atoms with van der Waals surface area (Å²) in [6.07, 6.45) is 4.66. The standard InChI is InChI=1S/C10H20O2/c1-8(2)12-7-6-9-4-3-5-10(9)11/h8-11H,3-7H2,1-2H3. The van der Waals surface area contributed by atoms with Crippen molar-refractivity contribution < 1.29 is 9.84 Å². The minimum absolute atomic E-state index is 0.0548. The molecule has 2 unspecified atom stereocenters. The van der Waals surface area contributed by atoms with Crippen LogP contribution in [-0.2, 0) is 4.74 Å². The van der Waals surface area contributed by atoms with Gasteiger partial charge in [-0.15, -0.1) is 0 Å². The molecule has 2 nitrogen and oxygen atoms in total. The van der Waals surface area contributed by atoms with Gasteiger partial charge in [-0.1, -0.05) is 6.42 Å². The van der Waals surface area contributed by atoms with Gasteiger partial charge in [0.1, 0.15) is 0 Å². The number of hydrogen-bond acceptors (Lipinski definition) is 2. The van der Waals surface area contributed by atoms with E-state index in [1.54, 1.807) is 0 Å². The SMILES string of the molecule is CC(C)OCCC1CCCC1O. The fourth-order valence-corrected chi connectivity index (χ4v) is 1.81. The highest BCUT2D eigenvalue weighted by Gasteiger charge is 2.24. The summed E-state index contributed by atoms with van der Waals surface area (Å²) in [5, 5.41) is 9.50. The van der Waals surface area contributed by atoms with E-state index in [4.69, 9.17) is 4.74 Å². The van der Waals surface area contributed by atoms with Crippen LogP contribution in [0.15, 0.2) is 0 Å². The van der Waals surface area contributed by atoms with E-state index in [1.165, 1.54) is 12.8 Å². The van der Waals surface area contributed by atoms with Gasteiger partial charge in [0.15, 0.2) is 0 Å². The van der Waals surface area contributed by atoms with E-state index < -0.39 is 0 Å². The minimum atomic E-state index is -0.0548. The predicted molar refractivity (Wildman–Crippen MR) is 49.1 cm³/mol. The lowest BCUT2D eigenvalue weighted by Crippen LogP contribution is -2.16. The second-order valence-corrected chi connectivity index (χ2v) is 3.97. The van der Waals surface area contributed by atoms with Gasteiger partial charge in [0.05, 0.1) is 12.2 Å². The van der Waals surface area contributed by atoms with Crippen molar-refractivity contribution in [1.82, 2.24) is 0 Å². The molecule has 72 valence electrons. The molecule has 0 aromatic carbocycles. The number of aliphatic hydroxyl groups is 1. The molecule has 2 atom stereocenters. The highest BCUT2D eigenvalue weighted by molar-refractivity contribution is 4.76. The monoisotopic (exact) mass is 172 g/mol. The second-order valence-electron chi connectivity index (χ2n) is 3.97. The van der Waals surface area contributed by atoms with Crippen molar-refractivity contribution in [3.63, 3.8) is 0 Å². The van der Waals surface area contributed by atoms with E-state index in [0.29, 0.717) is 12.0 Å². The molecule has 0 radical (unpaired) electrons. The number of rotatable bonds is 4. The van der Waals surface area contributed by atoms with Crippen molar-refractivity contribution in [3.05, 3.63) is 0 Å². The van der Waals surface area contributed by atoms with Gasteiger partial charge in [-0.3, -0.25) is 0 Å². The zero-order valence-corrected chi connectivity index (χ0v) is 8.12. The van der Waals surface area contributed by atoms with Crippen LogP contribution in [0.4, 0.5) is 0 Å². The zero-order valence-electron chi connectivity index (χ0n) is 8.12. The maximum Gasteiger partial charge on any atom is 0.0569 e. The fourth-order valence-electron chi connectivity index (χ4n) is 1.81. The number of aliphatic hydroxyl groups excluding tert-OH is 1. The molecular weight excluding hydrogens is 152 g/mol. The van der Waals surface area contributed by atoms with Gasteiger partial charge in [0.25, 0.3) is 0 Å².